The molecule has 2 rings (SSSR count). The molecule has 0 bridgehead atoms. The minimum Gasteiger partial charge on any atom is -0.474 e. The van der Waals surface area contributed by atoms with Gasteiger partial charge in [-0.25, -0.2) is 10.5 Å². The third-order valence-corrected chi connectivity index (χ3v) is 3.05. The van der Waals surface area contributed by atoms with Crippen molar-refractivity contribution in [3.05, 3.63) is 35.9 Å². The van der Waals surface area contributed by atoms with Gasteiger partial charge in [-0.3, -0.25) is 10.0 Å². The molecule has 5 nitrogen and oxygen atoms in total. The quantitative estimate of drug-likeness (QED) is 0.641. The average molecular weight is 262 g/mol. The molecular formula is C14H18N2O3. The summed E-state index contributed by atoms with van der Waals surface area (Å²) in [7, 11) is 0. The third kappa shape index (κ3) is 2.76. The van der Waals surface area contributed by atoms with E-state index in [1.165, 1.54) is 0 Å². The van der Waals surface area contributed by atoms with Crippen molar-refractivity contribution in [1.29, 1.82) is 0 Å². The molecule has 0 radical (unpaired) electrons. The summed E-state index contributed by atoms with van der Waals surface area (Å²) in [5, 5.41) is 8.91. The van der Waals surface area contributed by atoms with Crippen molar-refractivity contribution in [2.24, 2.45) is 10.9 Å². The Bertz CT molecular complexity index is 485. The average Bonchev–Trinajstić information content (AvgIpc) is 2.83. The van der Waals surface area contributed by atoms with E-state index in [1.807, 2.05) is 44.2 Å². The molecule has 2 N–H and O–H groups in total. The van der Waals surface area contributed by atoms with E-state index in [-0.39, 0.29) is 12.5 Å². The van der Waals surface area contributed by atoms with E-state index in [0.717, 1.165) is 5.56 Å². The molecule has 1 atom stereocenters. The number of hydrogen-bond donors (Lipinski definition) is 2. The molecule has 0 spiro atoms. The number of amides is 1. The zero-order chi connectivity index (χ0) is 13.9. The van der Waals surface area contributed by atoms with Crippen LogP contribution >= 0.6 is 0 Å². The van der Waals surface area contributed by atoms with Crippen molar-refractivity contribution >= 4 is 11.8 Å². The summed E-state index contributed by atoms with van der Waals surface area (Å²) in [4.78, 5) is 16.3. The molecule has 102 valence electrons. The van der Waals surface area contributed by atoms with E-state index in [1.54, 1.807) is 5.48 Å². The Morgan fingerprint density at radius 2 is 2.16 bits per heavy atom. The van der Waals surface area contributed by atoms with Crippen LogP contribution in [0.3, 0.4) is 0 Å². The Hall–Kier alpha value is -1.88. The smallest absolute Gasteiger partial charge is 0.274 e. The predicted molar refractivity (Wildman–Crippen MR) is 71.0 cm³/mol. The summed E-state index contributed by atoms with van der Waals surface area (Å²) >= 11 is 0. The predicted octanol–water partition coefficient (Wildman–Crippen LogP) is 1.75. The second-order valence-electron chi connectivity index (χ2n) is 5.14. The molecule has 0 aromatic heterocycles. The van der Waals surface area contributed by atoms with Gasteiger partial charge in [0.15, 0.2) is 5.54 Å². The molecule has 1 aromatic rings. The van der Waals surface area contributed by atoms with Crippen molar-refractivity contribution < 1.29 is 14.7 Å². The Morgan fingerprint density at radius 3 is 2.74 bits per heavy atom. The van der Waals surface area contributed by atoms with Crippen LogP contribution in [0.2, 0.25) is 0 Å². The van der Waals surface area contributed by atoms with Gasteiger partial charge in [0.2, 0.25) is 5.90 Å². The summed E-state index contributed by atoms with van der Waals surface area (Å²) < 4.78 is 5.56. The van der Waals surface area contributed by atoms with Crippen LogP contribution in [0.25, 0.3) is 0 Å². The van der Waals surface area contributed by atoms with Gasteiger partial charge in [0.25, 0.3) is 5.91 Å². The molecule has 0 fully saturated rings. The number of hydroxylamine groups is 1. The Labute approximate surface area is 112 Å². The van der Waals surface area contributed by atoms with Crippen LogP contribution in [0.1, 0.15) is 25.8 Å². The molecular weight excluding hydrogens is 244 g/mol. The zero-order valence-electron chi connectivity index (χ0n) is 11.1. The van der Waals surface area contributed by atoms with Crippen LogP contribution in [0, 0.1) is 5.92 Å². The van der Waals surface area contributed by atoms with Crippen LogP contribution in [-0.4, -0.2) is 29.2 Å². The summed E-state index contributed by atoms with van der Waals surface area (Å²) in [5.41, 5.74) is 1.50. The van der Waals surface area contributed by atoms with E-state index in [0.29, 0.717) is 12.3 Å². The first-order chi connectivity index (χ1) is 9.07. The molecule has 1 aliphatic rings. The van der Waals surface area contributed by atoms with Gasteiger partial charge in [-0.15, -0.1) is 0 Å². The number of nitrogens with zero attached hydrogens (tertiary/aromatic N) is 1. The zero-order valence-corrected chi connectivity index (χ0v) is 11.1. The standard InChI is InChI=1S/C14H18N2O3/c1-10(2)8-14(13(17)16-18)9-19-12(15-14)11-6-4-3-5-7-11/h3-7,10,18H,8-9H2,1-2H3,(H,16,17). The topological polar surface area (TPSA) is 70.9 Å². The fraction of sp³-hybridized carbons (Fsp3) is 0.429. The molecule has 1 amide bonds. The highest BCUT2D eigenvalue weighted by Gasteiger charge is 2.44. The summed E-state index contributed by atoms with van der Waals surface area (Å²) in [6.45, 7) is 4.16. The van der Waals surface area contributed by atoms with Crippen LogP contribution in [0.5, 0.6) is 0 Å². The Balaban J connectivity index is 2.32. The monoisotopic (exact) mass is 262 g/mol. The number of benzene rings is 1. The van der Waals surface area contributed by atoms with Crippen molar-refractivity contribution in [2.45, 2.75) is 25.8 Å². The molecule has 1 heterocycles. The lowest BCUT2D eigenvalue weighted by Gasteiger charge is -2.23. The van der Waals surface area contributed by atoms with Gasteiger partial charge >= 0.3 is 0 Å². The third-order valence-electron chi connectivity index (χ3n) is 3.05. The molecule has 19 heavy (non-hydrogen) atoms. The first kappa shape index (κ1) is 13.5. The molecule has 0 saturated carbocycles. The maximum Gasteiger partial charge on any atom is 0.274 e. The minimum atomic E-state index is -1.03. The maximum atomic E-state index is 11.9. The number of carbonyl (C=O) groups excluding carboxylic acids is 1. The van der Waals surface area contributed by atoms with Gasteiger partial charge < -0.3 is 4.74 Å². The van der Waals surface area contributed by atoms with Gasteiger partial charge in [0.1, 0.15) is 6.61 Å². The highest BCUT2D eigenvalue weighted by molar-refractivity contribution is 5.99. The van der Waals surface area contributed by atoms with E-state index < -0.39 is 11.4 Å². The highest BCUT2D eigenvalue weighted by Crippen LogP contribution is 2.29. The maximum absolute atomic E-state index is 11.9. The molecule has 1 unspecified atom stereocenters. The molecule has 5 heteroatoms. The lowest BCUT2D eigenvalue weighted by atomic mass is 9.90. The van der Waals surface area contributed by atoms with Crippen LogP contribution in [0.15, 0.2) is 35.3 Å². The van der Waals surface area contributed by atoms with Crippen molar-refractivity contribution in [2.75, 3.05) is 6.61 Å². The van der Waals surface area contributed by atoms with Gasteiger partial charge in [-0.1, -0.05) is 32.0 Å². The molecule has 0 aliphatic carbocycles. The normalized spacial score (nSPS) is 22.0. The first-order valence-corrected chi connectivity index (χ1v) is 6.30. The largest absolute Gasteiger partial charge is 0.474 e. The highest BCUT2D eigenvalue weighted by atomic mass is 16.5. The van der Waals surface area contributed by atoms with E-state index in [2.05, 4.69) is 4.99 Å². The molecule has 1 aromatic carbocycles. The number of carbonyl (C=O) groups is 1. The number of hydrogen-bond acceptors (Lipinski definition) is 4. The van der Waals surface area contributed by atoms with Gasteiger partial charge in [-0.2, -0.15) is 0 Å². The summed E-state index contributed by atoms with van der Waals surface area (Å²) in [5.74, 6) is 0.191. The SMILES string of the molecule is CC(C)CC1(C(=O)NO)COC(c2ccccc2)=N1. The molecule has 1 aliphatic heterocycles. The van der Waals surface area contributed by atoms with Crippen molar-refractivity contribution in [3.63, 3.8) is 0 Å². The number of rotatable bonds is 4. The fourth-order valence-electron chi connectivity index (χ4n) is 2.27. The number of ether oxygens (including phenoxy) is 1. The van der Waals surface area contributed by atoms with Gasteiger partial charge in [0.05, 0.1) is 0 Å². The minimum absolute atomic E-state index is 0.155. The first-order valence-electron chi connectivity index (χ1n) is 6.30. The summed E-state index contributed by atoms with van der Waals surface area (Å²) in [6.07, 6.45) is 0.524. The Morgan fingerprint density at radius 1 is 1.47 bits per heavy atom. The lowest BCUT2D eigenvalue weighted by Crippen LogP contribution is -2.46. The van der Waals surface area contributed by atoms with Crippen molar-refractivity contribution in [1.82, 2.24) is 5.48 Å². The van der Waals surface area contributed by atoms with E-state index >= 15 is 0 Å². The fourth-order valence-corrected chi connectivity index (χ4v) is 2.27. The van der Waals surface area contributed by atoms with E-state index in [9.17, 15) is 4.79 Å². The summed E-state index contributed by atoms with van der Waals surface area (Å²) in [6, 6.07) is 9.43. The Kier molecular flexibility index (Phi) is 3.85. The second-order valence-corrected chi connectivity index (χ2v) is 5.14. The second kappa shape index (κ2) is 5.40. The van der Waals surface area contributed by atoms with E-state index in [4.69, 9.17) is 9.94 Å². The number of nitrogens with one attached hydrogen (secondary N) is 1. The van der Waals surface area contributed by atoms with Gasteiger partial charge in [-0.05, 0) is 24.5 Å². The van der Waals surface area contributed by atoms with Crippen LogP contribution in [-0.2, 0) is 9.53 Å². The molecule has 0 saturated heterocycles. The van der Waals surface area contributed by atoms with Crippen molar-refractivity contribution in [3.8, 4) is 0 Å². The van der Waals surface area contributed by atoms with Crippen LogP contribution in [0.4, 0.5) is 0 Å². The van der Waals surface area contributed by atoms with Crippen LogP contribution < -0.4 is 5.48 Å². The lowest BCUT2D eigenvalue weighted by molar-refractivity contribution is -0.135. The number of aliphatic imine (C=N–C) groups is 1. The van der Waals surface area contributed by atoms with Gasteiger partial charge in [0, 0.05) is 5.56 Å².